The number of nitrogens with one attached hydrogen (secondary N) is 2. The van der Waals surface area contributed by atoms with Gasteiger partial charge in [0, 0.05) is 6.20 Å². The summed E-state index contributed by atoms with van der Waals surface area (Å²) in [7, 11) is 1.37. The van der Waals surface area contributed by atoms with Gasteiger partial charge in [0.25, 0.3) is 5.56 Å². The lowest BCUT2D eigenvalue weighted by molar-refractivity contribution is 0.0600. The van der Waals surface area contributed by atoms with Crippen molar-refractivity contribution in [1.82, 2.24) is 15.0 Å². The highest BCUT2D eigenvalue weighted by Gasteiger charge is 2.10. The van der Waals surface area contributed by atoms with E-state index in [9.17, 15) is 9.59 Å². The number of unbranched alkanes of at least 4 members (excludes halogenated alkanes) is 1. The average molecular weight is 340 g/mol. The van der Waals surface area contributed by atoms with Crippen molar-refractivity contribution in [3.05, 3.63) is 57.5 Å². The van der Waals surface area contributed by atoms with Gasteiger partial charge in [-0.1, -0.05) is 12.1 Å². The first-order chi connectivity index (χ1) is 12.1. The number of nitrogens with zero attached hydrogens (tertiary/aromatic N) is 1. The van der Waals surface area contributed by atoms with E-state index < -0.39 is 0 Å². The van der Waals surface area contributed by atoms with Gasteiger partial charge >= 0.3 is 5.97 Å². The number of fused-ring (bicyclic) bond motifs is 1. The molecule has 7 heteroatoms. The number of carbonyl (C=O) groups is 1. The molecule has 0 atom stereocenters. The highest BCUT2D eigenvalue weighted by Crippen LogP contribution is 2.16. The minimum absolute atomic E-state index is 0.112. The number of carbonyl (C=O) groups excluding carboxylic acids is 1. The fourth-order valence-electron chi connectivity index (χ4n) is 2.89. The van der Waals surface area contributed by atoms with E-state index in [1.165, 1.54) is 12.7 Å². The Morgan fingerprint density at radius 1 is 1.20 bits per heavy atom. The van der Waals surface area contributed by atoms with Gasteiger partial charge in [0.05, 0.1) is 18.1 Å². The van der Waals surface area contributed by atoms with Crippen LogP contribution in [0.2, 0.25) is 0 Å². The number of H-pyrrole nitrogens is 2. The Morgan fingerprint density at radius 2 is 1.92 bits per heavy atom. The summed E-state index contributed by atoms with van der Waals surface area (Å²) in [5.74, 6) is -0.216. The SMILES string of the molecule is COC(=O)c1ccc(CCCCc2c[nH]c3nc(N)[nH]c(=O)c23)cc1. The molecule has 0 radical (unpaired) electrons. The van der Waals surface area contributed by atoms with Crippen LogP contribution in [0, 0.1) is 0 Å². The van der Waals surface area contributed by atoms with Gasteiger partial charge in [-0.2, -0.15) is 4.98 Å². The van der Waals surface area contributed by atoms with Crippen LogP contribution in [0.25, 0.3) is 11.0 Å². The normalized spacial score (nSPS) is 10.9. The van der Waals surface area contributed by atoms with E-state index in [1.54, 1.807) is 12.1 Å². The molecule has 1 aromatic carbocycles. The van der Waals surface area contributed by atoms with E-state index in [0.29, 0.717) is 16.6 Å². The Bertz CT molecular complexity index is 941. The van der Waals surface area contributed by atoms with Crippen molar-refractivity contribution in [2.45, 2.75) is 25.7 Å². The number of anilines is 1. The third-order valence-corrected chi connectivity index (χ3v) is 4.18. The predicted molar refractivity (Wildman–Crippen MR) is 95.6 cm³/mol. The molecule has 3 aromatic rings. The molecule has 0 saturated heterocycles. The van der Waals surface area contributed by atoms with Gasteiger partial charge in [0.2, 0.25) is 5.95 Å². The number of benzene rings is 1. The Hall–Kier alpha value is -3.09. The van der Waals surface area contributed by atoms with Crippen LogP contribution in [0.4, 0.5) is 5.95 Å². The fraction of sp³-hybridized carbons (Fsp3) is 0.278. The molecule has 3 rings (SSSR count). The second-order valence-corrected chi connectivity index (χ2v) is 5.88. The summed E-state index contributed by atoms with van der Waals surface area (Å²) in [4.78, 5) is 33.0. The first-order valence-electron chi connectivity index (χ1n) is 8.11. The number of nitrogen functional groups attached to an aromatic ring is 1. The van der Waals surface area contributed by atoms with Gasteiger partial charge in [0.1, 0.15) is 5.65 Å². The van der Waals surface area contributed by atoms with Gasteiger partial charge < -0.3 is 15.5 Å². The number of hydrogen-bond donors (Lipinski definition) is 3. The molecule has 0 aliphatic heterocycles. The minimum Gasteiger partial charge on any atom is -0.465 e. The molecule has 25 heavy (non-hydrogen) atoms. The fourth-order valence-corrected chi connectivity index (χ4v) is 2.89. The molecule has 130 valence electrons. The van der Waals surface area contributed by atoms with Gasteiger partial charge in [-0.05, 0) is 48.9 Å². The van der Waals surface area contributed by atoms with Crippen molar-refractivity contribution < 1.29 is 9.53 Å². The van der Waals surface area contributed by atoms with Crippen LogP contribution in [0.3, 0.4) is 0 Å². The largest absolute Gasteiger partial charge is 0.465 e. The zero-order valence-corrected chi connectivity index (χ0v) is 14.0. The molecule has 0 amide bonds. The first-order valence-corrected chi connectivity index (χ1v) is 8.11. The van der Waals surface area contributed by atoms with E-state index in [4.69, 9.17) is 5.73 Å². The van der Waals surface area contributed by atoms with Gasteiger partial charge in [-0.25, -0.2) is 4.79 Å². The Labute approximate surface area is 144 Å². The summed E-state index contributed by atoms with van der Waals surface area (Å²) in [6, 6.07) is 7.43. The van der Waals surface area contributed by atoms with Crippen molar-refractivity contribution in [1.29, 1.82) is 0 Å². The Balaban J connectivity index is 1.57. The summed E-state index contributed by atoms with van der Waals surface area (Å²) < 4.78 is 4.69. The number of aromatic amines is 2. The second-order valence-electron chi connectivity index (χ2n) is 5.88. The summed E-state index contributed by atoms with van der Waals surface area (Å²) in [5, 5.41) is 0.580. The number of ether oxygens (including phenoxy) is 1. The highest BCUT2D eigenvalue weighted by molar-refractivity contribution is 5.89. The number of aryl methyl sites for hydroxylation is 2. The van der Waals surface area contributed by atoms with Crippen molar-refractivity contribution in [2.75, 3.05) is 12.8 Å². The first kappa shape index (κ1) is 16.8. The van der Waals surface area contributed by atoms with E-state index in [2.05, 4.69) is 19.7 Å². The zero-order chi connectivity index (χ0) is 17.8. The molecule has 2 aromatic heterocycles. The van der Waals surface area contributed by atoms with Gasteiger partial charge in [-0.15, -0.1) is 0 Å². The highest BCUT2D eigenvalue weighted by atomic mass is 16.5. The summed E-state index contributed by atoms with van der Waals surface area (Å²) in [5.41, 5.74) is 8.52. The number of rotatable bonds is 6. The van der Waals surface area contributed by atoms with Crippen LogP contribution in [0.5, 0.6) is 0 Å². The molecular formula is C18H20N4O3. The predicted octanol–water partition coefficient (Wildman–Crippen LogP) is 2.19. The number of aromatic nitrogens is 3. The molecule has 0 unspecified atom stereocenters. The molecule has 0 aliphatic carbocycles. The minimum atomic E-state index is -0.328. The van der Waals surface area contributed by atoms with E-state index >= 15 is 0 Å². The lowest BCUT2D eigenvalue weighted by atomic mass is 10.0. The maximum Gasteiger partial charge on any atom is 0.337 e. The lowest BCUT2D eigenvalue weighted by Gasteiger charge is -2.04. The van der Waals surface area contributed by atoms with Crippen molar-refractivity contribution in [3.8, 4) is 0 Å². The third-order valence-electron chi connectivity index (χ3n) is 4.18. The maximum atomic E-state index is 12.0. The molecule has 2 heterocycles. The second kappa shape index (κ2) is 7.21. The summed E-state index contributed by atoms with van der Waals surface area (Å²) in [6.45, 7) is 0. The number of nitrogens with two attached hydrogens (primary N) is 1. The third kappa shape index (κ3) is 3.71. The van der Waals surface area contributed by atoms with Crippen LogP contribution in [-0.4, -0.2) is 28.0 Å². The van der Waals surface area contributed by atoms with Gasteiger partial charge in [0.15, 0.2) is 0 Å². The van der Waals surface area contributed by atoms with Crippen molar-refractivity contribution in [2.24, 2.45) is 0 Å². The smallest absolute Gasteiger partial charge is 0.337 e. The summed E-state index contributed by atoms with van der Waals surface area (Å²) in [6.07, 6.45) is 5.43. The van der Waals surface area contributed by atoms with Crippen LogP contribution < -0.4 is 11.3 Å². The van der Waals surface area contributed by atoms with Crippen LogP contribution in [0.1, 0.15) is 34.3 Å². The zero-order valence-electron chi connectivity index (χ0n) is 14.0. The monoisotopic (exact) mass is 340 g/mol. The van der Waals surface area contributed by atoms with E-state index in [0.717, 1.165) is 31.2 Å². The molecule has 0 aliphatic rings. The van der Waals surface area contributed by atoms with Crippen LogP contribution in [0.15, 0.2) is 35.3 Å². The lowest BCUT2D eigenvalue weighted by Crippen LogP contribution is -2.11. The Morgan fingerprint density at radius 3 is 2.64 bits per heavy atom. The molecule has 0 bridgehead atoms. The van der Waals surface area contributed by atoms with Crippen molar-refractivity contribution >= 4 is 23.0 Å². The molecule has 0 saturated carbocycles. The van der Waals surface area contributed by atoms with E-state index in [1.807, 2.05) is 18.3 Å². The molecule has 4 N–H and O–H groups in total. The topological polar surface area (TPSA) is 114 Å². The van der Waals surface area contributed by atoms with Crippen molar-refractivity contribution in [3.63, 3.8) is 0 Å². The quantitative estimate of drug-likeness (QED) is 0.470. The maximum absolute atomic E-state index is 12.0. The van der Waals surface area contributed by atoms with Crippen LogP contribution in [-0.2, 0) is 17.6 Å². The summed E-state index contributed by atoms with van der Waals surface area (Å²) >= 11 is 0. The molecule has 0 spiro atoms. The molecule has 0 fully saturated rings. The molecular weight excluding hydrogens is 320 g/mol. The Kier molecular flexibility index (Phi) is 4.83. The number of esters is 1. The number of hydrogen-bond acceptors (Lipinski definition) is 5. The number of methoxy groups -OCH3 is 1. The van der Waals surface area contributed by atoms with Gasteiger partial charge in [-0.3, -0.25) is 9.78 Å². The molecule has 7 nitrogen and oxygen atoms in total. The van der Waals surface area contributed by atoms with E-state index in [-0.39, 0.29) is 17.5 Å². The average Bonchev–Trinajstić information content (AvgIpc) is 3.01. The van der Waals surface area contributed by atoms with Crippen LogP contribution >= 0.6 is 0 Å². The standard InChI is InChI=1S/C18H20N4O3/c1-25-17(24)12-8-6-11(7-9-12)4-2-3-5-13-10-20-15-14(13)16(23)22-18(19)21-15/h6-10H,2-5H2,1H3,(H4,19,20,21,22,23).